The normalized spacial score (nSPS) is 11.2. The summed E-state index contributed by atoms with van der Waals surface area (Å²) in [6.07, 6.45) is -1.11. The van der Waals surface area contributed by atoms with E-state index >= 15 is 0 Å². The second-order valence-corrected chi connectivity index (χ2v) is 7.59. The largest absolute Gasteiger partial charge is 0.497 e. The van der Waals surface area contributed by atoms with Gasteiger partial charge in [0.2, 0.25) is 0 Å². The van der Waals surface area contributed by atoms with Crippen LogP contribution in [-0.2, 0) is 14.3 Å². The van der Waals surface area contributed by atoms with E-state index in [4.69, 9.17) is 14.2 Å². The Bertz CT molecular complexity index is 1210. The number of esters is 1. The molecule has 1 atom stereocenters. The Labute approximate surface area is 202 Å². The van der Waals surface area contributed by atoms with Gasteiger partial charge in [-0.05, 0) is 67.9 Å². The fourth-order valence-electron chi connectivity index (χ4n) is 2.93. The van der Waals surface area contributed by atoms with Gasteiger partial charge in [0.15, 0.2) is 12.7 Å². The standard InChI is InChI=1S/C26H25FN2O6/c1-16-7-10-20(14-23(16)27)29-25(31)17(2)35-26(32)18-8-11-21(12-9-18)34-15-24(30)28-19-5-4-6-22(13-19)33-3/h4-14,17H,15H2,1-3H3,(H,28,30)(H,29,31). The van der Waals surface area contributed by atoms with E-state index in [-0.39, 0.29) is 23.8 Å². The van der Waals surface area contributed by atoms with Gasteiger partial charge in [-0.15, -0.1) is 0 Å². The van der Waals surface area contributed by atoms with Crippen LogP contribution in [0.5, 0.6) is 11.5 Å². The molecule has 0 saturated carbocycles. The summed E-state index contributed by atoms with van der Waals surface area (Å²) in [5.41, 5.74) is 1.48. The van der Waals surface area contributed by atoms with E-state index in [1.165, 1.54) is 50.4 Å². The molecule has 1 unspecified atom stereocenters. The number of hydrogen-bond donors (Lipinski definition) is 2. The lowest BCUT2D eigenvalue weighted by Crippen LogP contribution is -2.30. The Morgan fingerprint density at radius 1 is 0.914 bits per heavy atom. The van der Waals surface area contributed by atoms with E-state index in [2.05, 4.69) is 10.6 Å². The number of hydrogen-bond acceptors (Lipinski definition) is 6. The van der Waals surface area contributed by atoms with E-state index in [1.807, 2.05) is 0 Å². The van der Waals surface area contributed by atoms with Gasteiger partial charge in [-0.2, -0.15) is 0 Å². The van der Waals surface area contributed by atoms with Crippen LogP contribution >= 0.6 is 0 Å². The topological polar surface area (TPSA) is 103 Å². The summed E-state index contributed by atoms with van der Waals surface area (Å²) in [5.74, 6) is -1.15. The maximum absolute atomic E-state index is 13.6. The van der Waals surface area contributed by atoms with E-state index < -0.39 is 23.8 Å². The highest BCUT2D eigenvalue weighted by Crippen LogP contribution is 2.18. The molecule has 0 radical (unpaired) electrons. The molecule has 0 aliphatic heterocycles. The molecule has 0 bridgehead atoms. The van der Waals surface area contributed by atoms with Crippen molar-refractivity contribution in [2.75, 3.05) is 24.4 Å². The average Bonchev–Trinajstić information content (AvgIpc) is 2.85. The first-order valence-corrected chi connectivity index (χ1v) is 10.7. The molecule has 3 aromatic carbocycles. The number of methoxy groups -OCH3 is 1. The zero-order chi connectivity index (χ0) is 25.4. The predicted octanol–water partition coefficient (Wildman–Crippen LogP) is 4.34. The summed E-state index contributed by atoms with van der Waals surface area (Å²) >= 11 is 0. The van der Waals surface area contributed by atoms with Gasteiger partial charge >= 0.3 is 5.97 Å². The van der Waals surface area contributed by atoms with Crippen LogP contribution in [0.2, 0.25) is 0 Å². The second kappa shape index (κ2) is 11.6. The number of halogens is 1. The van der Waals surface area contributed by atoms with Gasteiger partial charge in [0, 0.05) is 17.4 Å². The Morgan fingerprint density at radius 3 is 2.31 bits per heavy atom. The van der Waals surface area contributed by atoms with E-state index in [9.17, 15) is 18.8 Å². The molecule has 0 heterocycles. The number of rotatable bonds is 9. The monoisotopic (exact) mass is 480 g/mol. The number of aryl methyl sites for hydroxylation is 1. The summed E-state index contributed by atoms with van der Waals surface area (Å²) < 4.78 is 29.4. The first-order chi connectivity index (χ1) is 16.7. The number of benzene rings is 3. The van der Waals surface area contributed by atoms with Crippen molar-refractivity contribution in [1.82, 2.24) is 0 Å². The molecule has 0 spiro atoms. The van der Waals surface area contributed by atoms with Gasteiger partial charge in [0.05, 0.1) is 12.7 Å². The van der Waals surface area contributed by atoms with Gasteiger partial charge in [-0.25, -0.2) is 9.18 Å². The van der Waals surface area contributed by atoms with Crippen LogP contribution in [0.25, 0.3) is 0 Å². The summed E-state index contributed by atoms with van der Waals surface area (Å²) in [4.78, 5) is 36.7. The zero-order valence-corrected chi connectivity index (χ0v) is 19.5. The van der Waals surface area contributed by atoms with Crippen LogP contribution in [0, 0.1) is 12.7 Å². The quantitative estimate of drug-likeness (QED) is 0.442. The fourth-order valence-corrected chi connectivity index (χ4v) is 2.93. The van der Waals surface area contributed by atoms with Crippen LogP contribution < -0.4 is 20.1 Å². The summed E-state index contributed by atoms with van der Waals surface area (Å²) in [6.45, 7) is 2.78. The number of carbonyl (C=O) groups is 3. The Morgan fingerprint density at radius 2 is 1.63 bits per heavy atom. The highest BCUT2D eigenvalue weighted by atomic mass is 19.1. The van der Waals surface area contributed by atoms with Crippen molar-refractivity contribution >= 4 is 29.2 Å². The first-order valence-electron chi connectivity index (χ1n) is 10.7. The van der Waals surface area contributed by atoms with Gasteiger partial charge < -0.3 is 24.8 Å². The van der Waals surface area contributed by atoms with Gasteiger partial charge in [-0.3, -0.25) is 9.59 Å². The van der Waals surface area contributed by atoms with Crippen molar-refractivity contribution in [3.8, 4) is 11.5 Å². The summed E-state index contributed by atoms with van der Waals surface area (Å²) in [6, 6.07) is 17.1. The fraction of sp³-hybridized carbons (Fsp3) is 0.192. The van der Waals surface area contributed by atoms with Crippen molar-refractivity contribution in [2.45, 2.75) is 20.0 Å². The van der Waals surface area contributed by atoms with Crippen LogP contribution in [0.4, 0.5) is 15.8 Å². The molecule has 182 valence electrons. The number of ether oxygens (including phenoxy) is 3. The highest BCUT2D eigenvalue weighted by Gasteiger charge is 2.19. The number of nitrogens with one attached hydrogen (secondary N) is 2. The molecule has 0 fully saturated rings. The molecule has 8 nitrogen and oxygen atoms in total. The van der Waals surface area contributed by atoms with Crippen LogP contribution in [0.1, 0.15) is 22.8 Å². The van der Waals surface area contributed by atoms with Crippen molar-refractivity contribution in [3.05, 3.63) is 83.7 Å². The third kappa shape index (κ3) is 7.29. The third-order valence-corrected chi connectivity index (χ3v) is 4.91. The minimum Gasteiger partial charge on any atom is -0.497 e. The number of carbonyl (C=O) groups excluding carboxylic acids is 3. The molecule has 35 heavy (non-hydrogen) atoms. The number of amides is 2. The Kier molecular flexibility index (Phi) is 8.39. The van der Waals surface area contributed by atoms with Crippen molar-refractivity contribution in [2.24, 2.45) is 0 Å². The average molecular weight is 480 g/mol. The first kappa shape index (κ1) is 25.2. The molecule has 9 heteroatoms. The molecular formula is C26H25FN2O6. The lowest BCUT2D eigenvalue weighted by molar-refractivity contribution is -0.123. The summed E-state index contributed by atoms with van der Waals surface area (Å²) in [7, 11) is 1.53. The minimum absolute atomic E-state index is 0.194. The lowest BCUT2D eigenvalue weighted by Gasteiger charge is -2.14. The SMILES string of the molecule is COc1cccc(NC(=O)COc2ccc(C(=O)OC(C)C(=O)Nc3ccc(C)c(F)c3)cc2)c1. The highest BCUT2D eigenvalue weighted by molar-refractivity contribution is 5.97. The smallest absolute Gasteiger partial charge is 0.338 e. The number of anilines is 2. The van der Waals surface area contributed by atoms with Crippen LogP contribution in [0.15, 0.2) is 66.7 Å². The molecule has 0 aliphatic rings. The van der Waals surface area contributed by atoms with Gasteiger partial charge in [0.25, 0.3) is 11.8 Å². The Balaban J connectivity index is 1.48. The molecule has 2 N–H and O–H groups in total. The zero-order valence-electron chi connectivity index (χ0n) is 19.5. The maximum Gasteiger partial charge on any atom is 0.338 e. The van der Waals surface area contributed by atoms with Crippen molar-refractivity contribution < 1.29 is 33.0 Å². The summed E-state index contributed by atoms with van der Waals surface area (Å²) in [5, 5.41) is 5.20. The predicted molar refractivity (Wildman–Crippen MR) is 128 cm³/mol. The molecule has 2 amide bonds. The molecular weight excluding hydrogens is 455 g/mol. The van der Waals surface area contributed by atoms with E-state index in [1.54, 1.807) is 37.3 Å². The Hall–Kier alpha value is -4.40. The van der Waals surface area contributed by atoms with Crippen LogP contribution in [-0.4, -0.2) is 37.6 Å². The second-order valence-electron chi connectivity index (χ2n) is 7.59. The minimum atomic E-state index is -1.11. The van der Waals surface area contributed by atoms with E-state index in [0.717, 1.165) is 0 Å². The molecule has 3 rings (SSSR count). The van der Waals surface area contributed by atoms with Crippen molar-refractivity contribution in [1.29, 1.82) is 0 Å². The molecule has 0 aliphatic carbocycles. The maximum atomic E-state index is 13.6. The van der Waals surface area contributed by atoms with E-state index in [0.29, 0.717) is 22.7 Å². The lowest BCUT2D eigenvalue weighted by atomic mass is 10.2. The molecule has 0 aromatic heterocycles. The molecule has 3 aromatic rings. The molecule has 0 saturated heterocycles. The van der Waals surface area contributed by atoms with Gasteiger partial charge in [-0.1, -0.05) is 12.1 Å². The third-order valence-electron chi connectivity index (χ3n) is 4.91. The van der Waals surface area contributed by atoms with Gasteiger partial charge in [0.1, 0.15) is 17.3 Å². The van der Waals surface area contributed by atoms with Crippen LogP contribution in [0.3, 0.4) is 0 Å². The van der Waals surface area contributed by atoms with Crippen molar-refractivity contribution in [3.63, 3.8) is 0 Å².